The Morgan fingerprint density at radius 2 is 2.17 bits per heavy atom. The van der Waals surface area contributed by atoms with Gasteiger partial charge in [0.05, 0.1) is 0 Å². The molecule has 0 aliphatic heterocycles. The van der Waals surface area contributed by atoms with Crippen molar-refractivity contribution in [3.8, 4) is 0 Å². The highest BCUT2D eigenvalue weighted by Gasteiger charge is 1.79. The van der Waals surface area contributed by atoms with Crippen molar-refractivity contribution in [3.05, 3.63) is 0 Å². The molecule has 38 valence electrons. The van der Waals surface area contributed by atoms with Crippen LogP contribution in [0.2, 0.25) is 0 Å². The summed E-state index contributed by atoms with van der Waals surface area (Å²) in [7, 11) is 6.08. The van der Waals surface area contributed by atoms with E-state index in [-0.39, 0.29) is 0 Å². The van der Waals surface area contributed by atoms with E-state index in [2.05, 4.69) is 14.0 Å². The van der Waals surface area contributed by atoms with Crippen LogP contribution in [0, 0.1) is 0 Å². The van der Waals surface area contributed by atoms with Crippen LogP contribution in [-0.4, -0.2) is 25.7 Å². The predicted molar refractivity (Wildman–Crippen MR) is 29.3 cm³/mol. The van der Waals surface area contributed by atoms with Crippen molar-refractivity contribution in [2.75, 3.05) is 20.8 Å². The quantitative estimate of drug-likeness (QED) is 0.372. The van der Waals surface area contributed by atoms with Gasteiger partial charge in [0.15, 0.2) is 0 Å². The summed E-state index contributed by atoms with van der Waals surface area (Å²) < 4.78 is 4.65. The summed E-state index contributed by atoms with van der Waals surface area (Å²) in [6.45, 7) is 0.671. The molecule has 0 radical (unpaired) electrons. The first-order valence-corrected chi connectivity index (χ1v) is 2.21. The molecule has 0 aliphatic carbocycles. The van der Waals surface area contributed by atoms with Crippen molar-refractivity contribution in [2.45, 2.75) is 0 Å². The molecule has 0 aromatic carbocycles. The van der Waals surface area contributed by atoms with Crippen LogP contribution >= 0.6 is 9.47 Å². The molecule has 0 saturated carbocycles. The van der Waals surface area contributed by atoms with Gasteiger partial charge in [0.25, 0.3) is 0 Å². The summed E-state index contributed by atoms with van der Waals surface area (Å²) in [6, 6.07) is 0. The maximum atomic E-state index is 4.65. The van der Waals surface area contributed by atoms with E-state index in [9.17, 15) is 0 Å². The Kier molecular flexibility index (Phi) is 3.74. The van der Waals surface area contributed by atoms with Crippen LogP contribution in [0.3, 0.4) is 0 Å². The molecule has 0 spiro atoms. The van der Waals surface area contributed by atoms with E-state index in [4.69, 9.17) is 0 Å². The van der Waals surface area contributed by atoms with Crippen molar-refractivity contribution < 1.29 is 4.52 Å². The van der Waals surface area contributed by atoms with E-state index < -0.39 is 0 Å². The molecule has 0 aliphatic rings. The maximum Gasteiger partial charge on any atom is 0.102 e. The van der Waals surface area contributed by atoms with Crippen LogP contribution < -0.4 is 0 Å². The van der Waals surface area contributed by atoms with Crippen molar-refractivity contribution >= 4 is 9.47 Å². The Morgan fingerprint density at radius 1 is 1.67 bits per heavy atom. The van der Waals surface area contributed by atoms with Crippen molar-refractivity contribution in [2.24, 2.45) is 0 Å². The third-order valence-electron chi connectivity index (χ3n) is 0.333. The lowest BCUT2D eigenvalue weighted by atomic mass is 11.0. The van der Waals surface area contributed by atoms with Gasteiger partial charge in [0.1, 0.15) is 6.73 Å². The molecule has 2 nitrogen and oxygen atoms in total. The summed E-state index contributed by atoms with van der Waals surface area (Å²) >= 11 is 0. The monoisotopic (exact) mass is 107 g/mol. The van der Waals surface area contributed by atoms with Crippen LogP contribution in [-0.2, 0) is 4.52 Å². The van der Waals surface area contributed by atoms with Gasteiger partial charge in [0, 0.05) is 9.47 Å². The summed E-state index contributed by atoms with van der Waals surface area (Å²) in [5, 5.41) is 0. The lowest BCUT2D eigenvalue weighted by Crippen LogP contribution is -2.12. The molecular weight excluding hydrogens is 97.0 g/mol. The molecule has 3 heteroatoms. The van der Waals surface area contributed by atoms with Gasteiger partial charge in [-0.1, -0.05) is 0 Å². The van der Waals surface area contributed by atoms with Gasteiger partial charge in [-0.25, -0.2) is 0 Å². The van der Waals surface area contributed by atoms with E-state index in [0.29, 0.717) is 6.73 Å². The van der Waals surface area contributed by atoms with Gasteiger partial charge in [-0.15, -0.1) is 0 Å². The van der Waals surface area contributed by atoms with Gasteiger partial charge in [-0.2, -0.15) is 0 Å². The average molecular weight is 107 g/mol. The summed E-state index contributed by atoms with van der Waals surface area (Å²) in [6.07, 6.45) is 0. The maximum absolute atomic E-state index is 4.65. The number of hydrogen-bond acceptors (Lipinski definition) is 2. The van der Waals surface area contributed by atoms with Gasteiger partial charge >= 0.3 is 0 Å². The normalized spacial score (nSPS) is 10.0. The molecule has 0 aromatic rings. The zero-order valence-corrected chi connectivity index (χ0v) is 5.29. The first-order valence-electron chi connectivity index (χ1n) is 1.74. The standard InChI is InChI=1S/C3H10NOP/c1-4(2)3-5-6/h3,6H2,1-2H3. The first-order chi connectivity index (χ1) is 2.77. The Balaban J connectivity index is 2.63. The zero-order valence-electron chi connectivity index (χ0n) is 4.14. The molecule has 6 heavy (non-hydrogen) atoms. The molecule has 0 amide bonds. The first kappa shape index (κ1) is 6.35. The SMILES string of the molecule is CN(C)COP. The minimum absolute atomic E-state index is 0.671. The smallest absolute Gasteiger partial charge is 0.102 e. The molecule has 0 bridgehead atoms. The van der Waals surface area contributed by atoms with E-state index in [1.54, 1.807) is 0 Å². The molecule has 0 heterocycles. The summed E-state index contributed by atoms with van der Waals surface area (Å²) in [5.41, 5.74) is 0. The van der Waals surface area contributed by atoms with Crippen molar-refractivity contribution in [1.29, 1.82) is 0 Å². The van der Waals surface area contributed by atoms with Crippen LogP contribution in [0.15, 0.2) is 0 Å². The third-order valence-corrected chi connectivity index (χ3v) is 0.482. The number of hydrogen-bond donors (Lipinski definition) is 0. The van der Waals surface area contributed by atoms with Crippen LogP contribution in [0.25, 0.3) is 0 Å². The van der Waals surface area contributed by atoms with Crippen molar-refractivity contribution in [1.82, 2.24) is 4.90 Å². The van der Waals surface area contributed by atoms with Crippen LogP contribution in [0.5, 0.6) is 0 Å². The molecule has 0 rings (SSSR count). The van der Waals surface area contributed by atoms with E-state index >= 15 is 0 Å². The third kappa shape index (κ3) is 4.35. The highest BCUT2D eigenvalue weighted by Crippen LogP contribution is 1.83. The summed E-state index contributed by atoms with van der Waals surface area (Å²) in [5.74, 6) is 0. The highest BCUT2D eigenvalue weighted by atomic mass is 31.0. The topological polar surface area (TPSA) is 12.5 Å². The average Bonchev–Trinajstić information content (AvgIpc) is 1.35. The van der Waals surface area contributed by atoms with Crippen LogP contribution in [0.1, 0.15) is 0 Å². The largest absolute Gasteiger partial charge is 0.350 e. The Bertz CT molecular complexity index is 32.0. The van der Waals surface area contributed by atoms with E-state index in [1.165, 1.54) is 0 Å². The van der Waals surface area contributed by atoms with Crippen LogP contribution in [0.4, 0.5) is 0 Å². The fourth-order valence-corrected chi connectivity index (χ4v) is 0.447. The lowest BCUT2D eigenvalue weighted by Gasteiger charge is -2.04. The second-order valence-corrected chi connectivity index (χ2v) is 1.71. The molecule has 0 N–H and O–H groups in total. The fraction of sp³-hybridized carbons (Fsp3) is 1.00. The van der Waals surface area contributed by atoms with E-state index in [1.807, 2.05) is 19.0 Å². The molecular formula is C3H10NOP. The molecule has 0 saturated heterocycles. The zero-order chi connectivity index (χ0) is 4.99. The summed E-state index contributed by atoms with van der Waals surface area (Å²) in [4.78, 5) is 1.94. The molecule has 0 fully saturated rings. The van der Waals surface area contributed by atoms with Gasteiger partial charge < -0.3 is 4.52 Å². The second-order valence-electron chi connectivity index (χ2n) is 1.38. The Morgan fingerprint density at radius 3 is 2.17 bits per heavy atom. The number of rotatable bonds is 2. The second kappa shape index (κ2) is 3.54. The minimum atomic E-state index is 0.671. The molecule has 0 aromatic heterocycles. The predicted octanol–water partition coefficient (Wildman–Crippen LogP) is 0.312. The number of nitrogens with zero attached hydrogens (tertiary/aromatic N) is 1. The Hall–Kier alpha value is 0.350. The minimum Gasteiger partial charge on any atom is -0.350 e. The molecule has 1 unspecified atom stereocenters. The van der Waals surface area contributed by atoms with Gasteiger partial charge in [-0.3, -0.25) is 4.90 Å². The van der Waals surface area contributed by atoms with E-state index in [0.717, 1.165) is 0 Å². The molecule has 1 atom stereocenters. The van der Waals surface area contributed by atoms with Gasteiger partial charge in [0.2, 0.25) is 0 Å². The lowest BCUT2D eigenvalue weighted by molar-refractivity contribution is 0.206. The Labute approximate surface area is 40.8 Å². The van der Waals surface area contributed by atoms with Gasteiger partial charge in [-0.05, 0) is 14.1 Å². The highest BCUT2D eigenvalue weighted by molar-refractivity contribution is 7.09. The van der Waals surface area contributed by atoms with Crippen molar-refractivity contribution in [3.63, 3.8) is 0 Å². The fourth-order valence-electron chi connectivity index (χ4n) is 0.149.